The highest BCUT2D eigenvalue weighted by Crippen LogP contribution is 2.28. The molecular weight excluding hydrogens is 318 g/mol. The molecule has 0 spiro atoms. The van der Waals surface area contributed by atoms with Gasteiger partial charge in [0.05, 0.1) is 5.60 Å². The number of halogens is 1. The molecule has 3 heteroatoms. The van der Waals surface area contributed by atoms with Crippen molar-refractivity contribution in [1.82, 2.24) is 5.32 Å². The smallest absolute Gasteiger partial charge is 0.0641 e. The van der Waals surface area contributed by atoms with Crippen molar-refractivity contribution in [3.8, 4) is 0 Å². The standard InChI is InChI=1S/C21H34ClNO/c1-16(2)5-6-18(17-7-9-19(22)10-8-17)11-13-23-20-12-14-24-21(3,4)15-20/h7-10,16,18,20,23H,5-6,11-15H2,1-4H3/t18-,20-/m1/s1. The lowest BCUT2D eigenvalue weighted by molar-refractivity contribution is -0.0628. The minimum absolute atomic E-state index is 0.0170. The largest absolute Gasteiger partial charge is 0.375 e. The molecule has 1 heterocycles. The first-order valence-electron chi connectivity index (χ1n) is 9.48. The van der Waals surface area contributed by atoms with Crippen molar-refractivity contribution in [2.45, 2.75) is 77.4 Å². The van der Waals surface area contributed by atoms with Crippen molar-refractivity contribution in [2.24, 2.45) is 5.92 Å². The molecule has 2 atom stereocenters. The number of rotatable bonds is 8. The highest BCUT2D eigenvalue weighted by atomic mass is 35.5. The van der Waals surface area contributed by atoms with E-state index < -0.39 is 0 Å². The molecule has 24 heavy (non-hydrogen) atoms. The monoisotopic (exact) mass is 351 g/mol. The zero-order valence-corrected chi connectivity index (χ0v) is 16.5. The van der Waals surface area contributed by atoms with Gasteiger partial charge in [0.25, 0.3) is 0 Å². The maximum absolute atomic E-state index is 6.05. The first-order valence-corrected chi connectivity index (χ1v) is 9.86. The van der Waals surface area contributed by atoms with E-state index in [1.54, 1.807) is 0 Å². The SMILES string of the molecule is CC(C)CC[C@H](CCN[C@@H]1CCOC(C)(C)C1)c1ccc(Cl)cc1. The van der Waals surface area contributed by atoms with Crippen molar-refractivity contribution in [3.05, 3.63) is 34.9 Å². The summed E-state index contributed by atoms with van der Waals surface area (Å²) < 4.78 is 5.82. The molecule has 1 aliphatic rings. The minimum atomic E-state index is 0.0170. The molecule has 1 saturated heterocycles. The fraction of sp³-hybridized carbons (Fsp3) is 0.714. The second-order valence-electron chi connectivity index (χ2n) is 8.26. The Balaban J connectivity index is 1.87. The summed E-state index contributed by atoms with van der Waals surface area (Å²) in [5.41, 5.74) is 1.44. The highest BCUT2D eigenvalue weighted by molar-refractivity contribution is 6.30. The van der Waals surface area contributed by atoms with E-state index in [0.717, 1.165) is 36.9 Å². The zero-order valence-electron chi connectivity index (χ0n) is 15.8. The van der Waals surface area contributed by atoms with Crippen molar-refractivity contribution < 1.29 is 4.74 Å². The Morgan fingerprint density at radius 3 is 2.50 bits per heavy atom. The topological polar surface area (TPSA) is 21.3 Å². The lowest BCUT2D eigenvalue weighted by Crippen LogP contribution is -2.44. The molecule has 0 saturated carbocycles. The van der Waals surface area contributed by atoms with E-state index in [1.807, 2.05) is 12.1 Å². The van der Waals surface area contributed by atoms with Crippen LogP contribution in [0.4, 0.5) is 0 Å². The Morgan fingerprint density at radius 2 is 1.88 bits per heavy atom. The van der Waals surface area contributed by atoms with Gasteiger partial charge in [-0.3, -0.25) is 0 Å². The normalized spacial score (nSPS) is 21.8. The molecule has 2 nitrogen and oxygen atoms in total. The van der Waals surface area contributed by atoms with E-state index in [2.05, 4.69) is 45.1 Å². The van der Waals surface area contributed by atoms with Crippen LogP contribution in [0.2, 0.25) is 5.02 Å². The predicted molar refractivity (Wildman–Crippen MR) is 104 cm³/mol. The van der Waals surface area contributed by atoms with E-state index in [4.69, 9.17) is 16.3 Å². The molecule has 0 aliphatic carbocycles. The first-order chi connectivity index (χ1) is 11.4. The van der Waals surface area contributed by atoms with Gasteiger partial charge >= 0.3 is 0 Å². The molecule has 1 aromatic rings. The molecule has 0 amide bonds. The van der Waals surface area contributed by atoms with Crippen LogP contribution in [-0.2, 0) is 4.74 Å². The van der Waals surface area contributed by atoms with Crippen molar-refractivity contribution in [3.63, 3.8) is 0 Å². The fourth-order valence-electron chi connectivity index (χ4n) is 3.61. The van der Waals surface area contributed by atoms with Crippen LogP contribution in [0.5, 0.6) is 0 Å². The second kappa shape index (κ2) is 9.22. The molecule has 1 N–H and O–H groups in total. The third-order valence-corrected chi connectivity index (χ3v) is 5.31. The van der Waals surface area contributed by atoms with Crippen molar-refractivity contribution >= 4 is 11.6 Å². The van der Waals surface area contributed by atoms with Crippen molar-refractivity contribution in [1.29, 1.82) is 0 Å². The van der Waals surface area contributed by atoms with Gasteiger partial charge in [-0.25, -0.2) is 0 Å². The van der Waals surface area contributed by atoms with Crippen LogP contribution < -0.4 is 5.32 Å². The Labute approximate surface area is 153 Å². The van der Waals surface area contributed by atoms with E-state index in [0.29, 0.717) is 12.0 Å². The van der Waals surface area contributed by atoms with Gasteiger partial charge in [0.2, 0.25) is 0 Å². The second-order valence-corrected chi connectivity index (χ2v) is 8.70. The lowest BCUT2D eigenvalue weighted by Gasteiger charge is -2.36. The van der Waals surface area contributed by atoms with Crippen LogP contribution in [0.3, 0.4) is 0 Å². The van der Waals surface area contributed by atoms with Crippen LogP contribution in [0, 0.1) is 5.92 Å². The molecule has 0 radical (unpaired) electrons. The number of ether oxygens (including phenoxy) is 1. The first kappa shape index (κ1) is 19.8. The van der Waals surface area contributed by atoms with Gasteiger partial charge in [-0.1, -0.05) is 44.0 Å². The summed E-state index contributed by atoms with van der Waals surface area (Å²) in [4.78, 5) is 0. The quantitative estimate of drug-likeness (QED) is 0.639. The van der Waals surface area contributed by atoms with Gasteiger partial charge in [0.15, 0.2) is 0 Å². The maximum atomic E-state index is 6.05. The van der Waals surface area contributed by atoms with Gasteiger partial charge < -0.3 is 10.1 Å². The van der Waals surface area contributed by atoms with Crippen LogP contribution in [0.25, 0.3) is 0 Å². The summed E-state index contributed by atoms with van der Waals surface area (Å²) in [6.45, 7) is 11.0. The van der Waals surface area contributed by atoms with Crippen LogP contribution >= 0.6 is 11.6 Å². The third-order valence-electron chi connectivity index (χ3n) is 5.06. The summed E-state index contributed by atoms with van der Waals surface area (Å²) in [7, 11) is 0. The Morgan fingerprint density at radius 1 is 1.17 bits per heavy atom. The molecule has 1 aliphatic heterocycles. The molecule has 0 unspecified atom stereocenters. The molecular formula is C21H34ClNO. The average molecular weight is 352 g/mol. The molecule has 0 aromatic heterocycles. The Kier molecular flexibility index (Phi) is 7.59. The summed E-state index contributed by atoms with van der Waals surface area (Å²) >= 11 is 6.05. The van der Waals surface area contributed by atoms with E-state index in [-0.39, 0.29) is 5.60 Å². The third kappa shape index (κ3) is 6.74. The highest BCUT2D eigenvalue weighted by Gasteiger charge is 2.28. The lowest BCUT2D eigenvalue weighted by atomic mass is 9.88. The molecule has 1 aromatic carbocycles. The van der Waals surface area contributed by atoms with E-state index in [1.165, 1.54) is 24.8 Å². The van der Waals surface area contributed by atoms with Gasteiger partial charge in [0, 0.05) is 17.7 Å². The molecule has 136 valence electrons. The summed E-state index contributed by atoms with van der Waals surface area (Å²) in [6, 6.07) is 9.03. The number of hydrogen-bond donors (Lipinski definition) is 1. The van der Waals surface area contributed by atoms with Crippen LogP contribution in [0.15, 0.2) is 24.3 Å². The molecule has 2 rings (SSSR count). The maximum Gasteiger partial charge on any atom is 0.0641 e. The fourth-order valence-corrected chi connectivity index (χ4v) is 3.74. The van der Waals surface area contributed by atoms with E-state index >= 15 is 0 Å². The van der Waals surface area contributed by atoms with Gasteiger partial charge in [0.1, 0.15) is 0 Å². The van der Waals surface area contributed by atoms with Crippen LogP contribution in [0.1, 0.15) is 71.3 Å². The summed E-state index contributed by atoms with van der Waals surface area (Å²) in [5, 5.41) is 4.59. The zero-order chi connectivity index (χ0) is 17.6. The predicted octanol–water partition coefficient (Wildman–Crippen LogP) is 5.80. The van der Waals surface area contributed by atoms with Crippen molar-refractivity contribution in [2.75, 3.05) is 13.2 Å². The Bertz CT molecular complexity index is 483. The molecule has 1 fully saturated rings. The summed E-state index contributed by atoms with van der Waals surface area (Å²) in [5.74, 6) is 1.37. The Hall–Kier alpha value is -0.570. The summed E-state index contributed by atoms with van der Waals surface area (Å²) in [6.07, 6.45) is 5.94. The molecule has 0 bridgehead atoms. The van der Waals surface area contributed by atoms with Crippen LogP contribution in [-0.4, -0.2) is 24.8 Å². The van der Waals surface area contributed by atoms with Gasteiger partial charge in [-0.05, 0) is 75.6 Å². The minimum Gasteiger partial charge on any atom is -0.375 e. The van der Waals surface area contributed by atoms with E-state index in [9.17, 15) is 0 Å². The number of hydrogen-bond acceptors (Lipinski definition) is 2. The average Bonchev–Trinajstić information content (AvgIpc) is 2.50. The number of benzene rings is 1. The van der Waals surface area contributed by atoms with Gasteiger partial charge in [-0.2, -0.15) is 0 Å². The van der Waals surface area contributed by atoms with Gasteiger partial charge in [-0.15, -0.1) is 0 Å². The number of nitrogens with one attached hydrogen (secondary N) is 1.